The first-order valence-electron chi connectivity index (χ1n) is 10.4. The maximum Gasteiger partial charge on any atom is 0.338 e. The largest absolute Gasteiger partial charge is 0.497 e. The van der Waals surface area contributed by atoms with Gasteiger partial charge in [-0.25, -0.2) is 9.79 Å². The zero-order valence-electron chi connectivity index (χ0n) is 18.7. The summed E-state index contributed by atoms with van der Waals surface area (Å²) < 4.78 is 12.4. The number of ether oxygens (including phenoxy) is 2. The van der Waals surface area contributed by atoms with E-state index in [-0.39, 0.29) is 23.4 Å². The standard InChI is InChI=1S/C24H21N3O6S/c1-4-33-23(29)20-14(2)25-24-26(21(20)16-8-6-10-18(13-16)32-3)22(28)19(34-24)12-15-7-5-9-17(11-15)27(30)31/h5-13,21H,4H2,1-3H3/b19-12-. The summed E-state index contributed by atoms with van der Waals surface area (Å²) in [7, 11) is 1.54. The fourth-order valence-corrected chi connectivity index (χ4v) is 4.84. The molecule has 0 bridgehead atoms. The molecule has 0 amide bonds. The van der Waals surface area contributed by atoms with Gasteiger partial charge in [0.15, 0.2) is 4.80 Å². The molecule has 34 heavy (non-hydrogen) atoms. The Labute approximate surface area is 198 Å². The average molecular weight is 480 g/mol. The van der Waals surface area contributed by atoms with Crippen LogP contribution in [0.15, 0.2) is 69.6 Å². The predicted octanol–water partition coefficient (Wildman–Crippen LogP) is 2.72. The van der Waals surface area contributed by atoms with Gasteiger partial charge in [0.1, 0.15) is 5.75 Å². The molecule has 4 rings (SSSR count). The maximum absolute atomic E-state index is 13.5. The van der Waals surface area contributed by atoms with Crippen molar-refractivity contribution in [2.24, 2.45) is 4.99 Å². The number of allylic oxidation sites excluding steroid dienone is 1. The third kappa shape index (κ3) is 4.27. The monoisotopic (exact) mass is 479 g/mol. The predicted molar refractivity (Wildman–Crippen MR) is 126 cm³/mol. The molecule has 0 fully saturated rings. The van der Waals surface area contributed by atoms with Crippen LogP contribution in [-0.2, 0) is 9.53 Å². The Bertz CT molecular complexity index is 1500. The van der Waals surface area contributed by atoms with Crippen molar-refractivity contribution in [1.29, 1.82) is 0 Å². The summed E-state index contributed by atoms with van der Waals surface area (Å²) in [6.07, 6.45) is 1.59. The summed E-state index contributed by atoms with van der Waals surface area (Å²) in [4.78, 5) is 42.0. The maximum atomic E-state index is 13.5. The first kappa shape index (κ1) is 23.1. The second kappa shape index (κ2) is 9.44. The van der Waals surface area contributed by atoms with E-state index < -0.39 is 16.9 Å². The Balaban J connectivity index is 1.95. The molecule has 9 nitrogen and oxygen atoms in total. The molecular weight excluding hydrogens is 458 g/mol. The highest BCUT2D eigenvalue weighted by atomic mass is 32.1. The van der Waals surface area contributed by atoms with E-state index in [0.29, 0.717) is 31.9 Å². The van der Waals surface area contributed by atoms with Gasteiger partial charge in [0.05, 0.1) is 40.5 Å². The van der Waals surface area contributed by atoms with Crippen LogP contribution >= 0.6 is 11.3 Å². The van der Waals surface area contributed by atoms with E-state index in [4.69, 9.17) is 9.47 Å². The van der Waals surface area contributed by atoms with Crippen molar-refractivity contribution in [2.75, 3.05) is 13.7 Å². The van der Waals surface area contributed by atoms with Crippen LogP contribution in [0.4, 0.5) is 5.69 Å². The second-order valence-corrected chi connectivity index (χ2v) is 8.44. The van der Waals surface area contributed by atoms with E-state index in [0.717, 1.165) is 11.3 Å². The smallest absolute Gasteiger partial charge is 0.338 e. The number of aromatic nitrogens is 1. The van der Waals surface area contributed by atoms with Crippen molar-refractivity contribution < 1.29 is 19.2 Å². The molecule has 1 atom stereocenters. The van der Waals surface area contributed by atoms with E-state index in [2.05, 4.69) is 4.99 Å². The van der Waals surface area contributed by atoms with Gasteiger partial charge >= 0.3 is 5.97 Å². The van der Waals surface area contributed by atoms with Crippen LogP contribution in [0.2, 0.25) is 0 Å². The van der Waals surface area contributed by atoms with Crippen LogP contribution in [0.3, 0.4) is 0 Å². The first-order valence-corrected chi connectivity index (χ1v) is 11.2. The van der Waals surface area contributed by atoms with Crippen molar-refractivity contribution in [1.82, 2.24) is 4.57 Å². The van der Waals surface area contributed by atoms with Gasteiger partial charge in [-0.2, -0.15) is 0 Å². The molecule has 1 aromatic heterocycles. The number of thiazole rings is 1. The van der Waals surface area contributed by atoms with Gasteiger partial charge in [-0.3, -0.25) is 19.5 Å². The van der Waals surface area contributed by atoms with Gasteiger partial charge in [-0.1, -0.05) is 35.6 Å². The number of hydrogen-bond acceptors (Lipinski definition) is 8. The number of nitro benzene ring substituents is 1. The SMILES string of the molecule is CCOC(=O)C1=C(C)N=c2s/c(=C\c3cccc([N+](=O)[O-])c3)c(=O)n2C1c1cccc(OC)c1. The lowest BCUT2D eigenvalue weighted by molar-refractivity contribution is -0.384. The fourth-order valence-electron chi connectivity index (χ4n) is 3.80. The first-order chi connectivity index (χ1) is 16.3. The summed E-state index contributed by atoms with van der Waals surface area (Å²) in [5.74, 6) is 0.0265. The molecule has 2 heterocycles. The van der Waals surface area contributed by atoms with Gasteiger partial charge in [0.2, 0.25) is 0 Å². The highest BCUT2D eigenvalue weighted by Gasteiger charge is 2.33. The summed E-state index contributed by atoms with van der Waals surface area (Å²) in [5.41, 5.74) is 1.46. The van der Waals surface area contributed by atoms with E-state index in [1.54, 1.807) is 50.3 Å². The molecule has 0 aliphatic carbocycles. The number of hydrogen-bond donors (Lipinski definition) is 0. The number of rotatable bonds is 6. The lowest BCUT2D eigenvalue weighted by Gasteiger charge is -2.25. The lowest BCUT2D eigenvalue weighted by Crippen LogP contribution is -2.39. The highest BCUT2D eigenvalue weighted by molar-refractivity contribution is 7.07. The summed E-state index contributed by atoms with van der Waals surface area (Å²) in [6, 6.07) is 12.4. The molecule has 1 unspecified atom stereocenters. The zero-order valence-corrected chi connectivity index (χ0v) is 19.5. The summed E-state index contributed by atoms with van der Waals surface area (Å²) >= 11 is 1.15. The number of nitro groups is 1. The van der Waals surface area contributed by atoms with Crippen molar-refractivity contribution in [3.63, 3.8) is 0 Å². The van der Waals surface area contributed by atoms with Crippen molar-refractivity contribution in [3.8, 4) is 5.75 Å². The molecule has 0 radical (unpaired) electrons. The third-order valence-corrected chi connectivity index (χ3v) is 6.29. The zero-order chi connectivity index (χ0) is 24.4. The molecule has 0 N–H and O–H groups in total. The minimum atomic E-state index is -0.766. The molecule has 0 saturated carbocycles. The number of fused-ring (bicyclic) bond motifs is 1. The van der Waals surface area contributed by atoms with E-state index >= 15 is 0 Å². The van der Waals surface area contributed by atoms with Crippen LogP contribution in [0, 0.1) is 10.1 Å². The number of non-ortho nitro benzene ring substituents is 1. The molecule has 3 aromatic rings. The van der Waals surface area contributed by atoms with Gasteiger partial charge in [0.25, 0.3) is 11.2 Å². The number of carbonyl (C=O) groups excluding carboxylic acids is 1. The summed E-state index contributed by atoms with van der Waals surface area (Å²) in [6.45, 7) is 3.59. The lowest BCUT2D eigenvalue weighted by atomic mass is 9.95. The Morgan fingerprint density at radius 3 is 2.74 bits per heavy atom. The number of esters is 1. The van der Waals surface area contributed by atoms with Crippen molar-refractivity contribution in [2.45, 2.75) is 19.9 Å². The van der Waals surface area contributed by atoms with E-state index in [9.17, 15) is 19.7 Å². The van der Waals surface area contributed by atoms with Crippen molar-refractivity contribution in [3.05, 3.63) is 101 Å². The van der Waals surface area contributed by atoms with E-state index in [1.807, 2.05) is 6.07 Å². The summed E-state index contributed by atoms with van der Waals surface area (Å²) in [5, 5.41) is 11.1. The van der Waals surface area contributed by atoms with Gasteiger partial charge in [-0.15, -0.1) is 0 Å². The molecule has 0 saturated heterocycles. The minimum Gasteiger partial charge on any atom is -0.497 e. The van der Waals surface area contributed by atoms with Crippen LogP contribution in [0.1, 0.15) is 31.0 Å². The van der Waals surface area contributed by atoms with Crippen LogP contribution in [0.5, 0.6) is 5.75 Å². The number of nitrogens with zero attached hydrogens (tertiary/aromatic N) is 3. The quantitative estimate of drug-likeness (QED) is 0.305. The second-order valence-electron chi connectivity index (χ2n) is 7.43. The van der Waals surface area contributed by atoms with Gasteiger partial charge < -0.3 is 9.47 Å². The van der Waals surface area contributed by atoms with Crippen LogP contribution in [0.25, 0.3) is 6.08 Å². The van der Waals surface area contributed by atoms with Crippen LogP contribution < -0.4 is 19.6 Å². The number of benzene rings is 2. The average Bonchev–Trinajstić information content (AvgIpc) is 3.12. The van der Waals surface area contributed by atoms with Gasteiger partial charge in [0, 0.05) is 12.1 Å². The number of methoxy groups -OCH3 is 1. The normalized spacial score (nSPS) is 15.5. The Hall–Kier alpha value is -4.05. The molecule has 2 aromatic carbocycles. The molecule has 1 aliphatic heterocycles. The van der Waals surface area contributed by atoms with Crippen LogP contribution in [-0.4, -0.2) is 29.2 Å². The molecule has 1 aliphatic rings. The topological polar surface area (TPSA) is 113 Å². The Morgan fingerprint density at radius 1 is 1.26 bits per heavy atom. The third-order valence-electron chi connectivity index (χ3n) is 5.31. The molecule has 0 spiro atoms. The van der Waals surface area contributed by atoms with E-state index in [1.165, 1.54) is 23.8 Å². The fraction of sp³-hybridized carbons (Fsp3) is 0.208. The number of carbonyl (C=O) groups is 1. The Morgan fingerprint density at radius 2 is 2.03 bits per heavy atom. The molecule has 10 heteroatoms. The molecular formula is C24H21N3O6S. The molecule has 174 valence electrons. The van der Waals surface area contributed by atoms with Gasteiger partial charge in [-0.05, 0) is 43.2 Å². The highest BCUT2D eigenvalue weighted by Crippen LogP contribution is 2.32. The van der Waals surface area contributed by atoms with Crippen molar-refractivity contribution >= 4 is 29.1 Å². The minimum absolute atomic E-state index is 0.0729. The Kier molecular flexibility index (Phi) is 6.42.